The first kappa shape index (κ1) is 16.1. The highest BCUT2D eigenvalue weighted by Gasteiger charge is 2.24. The Morgan fingerprint density at radius 3 is 2.46 bits per heavy atom. The molecule has 0 amide bonds. The third-order valence-corrected chi connectivity index (χ3v) is 4.41. The summed E-state index contributed by atoms with van der Waals surface area (Å²) in [5.41, 5.74) is 2.32. The number of carbonyl (C=O) groups is 1. The normalized spacial score (nSPS) is 11.7. The van der Waals surface area contributed by atoms with Crippen LogP contribution in [0.1, 0.15) is 10.8 Å². The number of aromatic nitrogens is 3. The van der Waals surface area contributed by atoms with Gasteiger partial charge in [-0.15, -0.1) is 0 Å². The molecular formula is C18H15N3O2S. The van der Waals surface area contributed by atoms with Gasteiger partial charge in [0.2, 0.25) is 0 Å². The van der Waals surface area contributed by atoms with Crippen molar-refractivity contribution in [3.8, 4) is 11.4 Å². The van der Waals surface area contributed by atoms with E-state index >= 15 is 0 Å². The van der Waals surface area contributed by atoms with Crippen LogP contribution in [-0.4, -0.2) is 28.0 Å². The fourth-order valence-corrected chi connectivity index (χ4v) is 3.12. The maximum atomic E-state index is 12.2. The number of thioether (sulfide) groups is 1. The highest BCUT2D eigenvalue weighted by molar-refractivity contribution is 8.00. The Balaban J connectivity index is 1.89. The minimum Gasteiger partial charge on any atom is -0.468 e. The molecule has 1 atom stereocenters. The molecule has 0 fully saturated rings. The second kappa shape index (κ2) is 7.70. The molecule has 2 heterocycles. The van der Waals surface area contributed by atoms with Gasteiger partial charge in [0.15, 0.2) is 5.16 Å². The first-order valence-electron chi connectivity index (χ1n) is 7.32. The summed E-state index contributed by atoms with van der Waals surface area (Å²) in [7, 11) is 1.38. The summed E-state index contributed by atoms with van der Waals surface area (Å²) in [6, 6.07) is 16.9. The number of rotatable bonds is 5. The molecule has 3 aromatic rings. The molecule has 0 saturated carbocycles. The summed E-state index contributed by atoms with van der Waals surface area (Å²) in [5.74, 6) is -0.335. The Kier molecular flexibility index (Phi) is 5.18. The van der Waals surface area contributed by atoms with E-state index in [1.165, 1.54) is 18.9 Å². The Bertz CT molecular complexity index is 813. The molecule has 2 aromatic heterocycles. The molecule has 0 spiro atoms. The summed E-state index contributed by atoms with van der Waals surface area (Å²) in [6.07, 6.45) is 3.38. The number of hydrogen-bond donors (Lipinski definition) is 0. The van der Waals surface area contributed by atoms with Gasteiger partial charge in [0.05, 0.1) is 18.5 Å². The Morgan fingerprint density at radius 2 is 1.75 bits per heavy atom. The lowest BCUT2D eigenvalue weighted by atomic mass is 10.1. The van der Waals surface area contributed by atoms with Crippen LogP contribution in [0.4, 0.5) is 0 Å². The van der Waals surface area contributed by atoms with Crippen LogP contribution in [0.3, 0.4) is 0 Å². The van der Waals surface area contributed by atoms with Gasteiger partial charge in [-0.2, -0.15) is 0 Å². The molecule has 120 valence electrons. The number of benzene rings is 1. The fourth-order valence-electron chi connectivity index (χ4n) is 2.15. The van der Waals surface area contributed by atoms with Crippen LogP contribution in [0.5, 0.6) is 0 Å². The Hall–Kier alpha value is -2.73. The van der Waals surface area contributed by atoms with Crippen LogP contribution in [0, 0.1) is 0 Å². The van der Waals surface area contributed by atoms with Crippen molar-refractivity contribution in [2.45, 2.75) is 10.4 Å². The molecule has 0 saturated heterocycles. The number of hydrogen-bond acceptors (Lipinski definition) is 6. The first-order valence-corrected chi connectivity index (χ1v) is 8.20. The predicted octanol–water partition coefficient (Wildman–Crippen LogP) is 3.55. The molecule has 24 heavy (non-hydrogen) atoms. The highest BCUT2D eigenvalue weighted by atomic mass is 32.2. The largest absolute Gasteiger partial charge is 0.468 e. The van der Waals surface area contributed by atoms with Crippen LogP contribution < -0.4 is 0 Å². The molecule has 0 bridgehead atoms. The van der Waals surface area contributed by atoms with Crippen LogP contribution in [0.25, 0.3) is 11.4 Å². The van der Waals surface area contributed by atoms with E-state index < -0.39 is 5.25 Å². The SMILES string of the molecule is COC(=O)C(Sc1nccc(-c2ccccn2)n1)c1ccccc1. The topological polar surface area (TPSA) is 65.0 Å². The first-order chi connectivity index (χ1) is 11.8. The quantitative estimate of drug-likeness (QED) is 0.403. The zero-order chi connectivity index (χ0) is 16.8. The van der Waals surface area contributed by atoms with Crippen LogP contribution >= 0.6 is 11.8 Å². The van der Waals surface area contributed by atoms with E-state index in [1.807, 2.05) is 48.5 Å². The van der Waals surface area contributed by atoms with E-state index in [4.69, 9.17) is 4.74 Å². The number of nitrogens with zero attached hydrogens (tertiary/aromatic N) is 3. The van der Waals surface area contributed by atoms with E-state index in [0.29, 0.717) is 10.9 Å². The zero-order valence-corrected chi connectivity index (χ0v) is 13.8. The van der Waals surface area contributed by atoms with Gasteiger partial charge in [-0.1, -0.05) is 48.2 Å². The van der Waals surface area contributed by atoms with Crippen molar-refractivity contribution in [3.05, 3.63) is 72.6 Å². The number of carbonyl (C=O) groups excluding carboxylic acids is 1. The van der Waals surface area contributed by atoms with Crippen LogP contribution in [0.15, 0.2) is 72.1 Å². The third-order valence-electron chi connectivity index (χ3n) is 3.30. The lowest BCUT2D eigenvalue weighted by Crippen LogP contribution is -2.11. The van der Waals surface area contributed by atoms with Crippen molar-refractivity contribution in [1.82, 2.24) is 15.0 Å². The maximum absolute atomic E-state index is 12.2. The van der Waals surface area contributed by atoms with E-state index in [0.717, 1.165) is 11.3 Å². The summed E-state index contributed by atoms with van der Waals surface area (Å²) in [5, 5.41) is -0.0208. The predicted molar refractivity (Wildman–Crippen MR) is 92.3 cm³/mol. The van der Waals surface area contributed by atoms with Gasteiger partial charge in [0.1, 0.15) is 5.25 Å². The average molecular weight is 337 g/mol. The average Bonchev–Trinajstić information content (AvgIpc) is 2.67. The minimum atomic E-state index is -0.518. The minimum absolute atomic E-state index is 0.335. The van der Waals surface area contributed by atoms with Crippen molar-refractivity contribution >= 4 is 17.7 Å². The van der Waals surface area contributed by atoms with Crippen molar-refractivity contribution in [1.29, 1.82) is 0 Å². The number of esters is 1. The van der Waals surface area contributed by atoms with E-state index in [2.05, 4.69) is 15.0 Å². The zero-order valence-electron chi connectivity index (χ0n) is 13.0. The van der Waals surface area contributed by atoms with E-state index in [1.54, 1.807) is 18.5 Å². The Morgan fingerprint density at radius 1 is 0.958 bits per heavy atom. The molecule has 0 aliphatic carbocycles. The molecule has 1 aromatic carbocycles. The standard InChI is InChI=1S/C18H15N3O2S/c1-23-17(22)16(13-7-3-2-4-8-13)24-18-20-12-10-15(21-18)14-9-5-6-11-19-14/h2-12,16H,1H3. The summed E-state index contributed by atoms with van der Waals surface area (Å²) >= 11 is 1.26. The van der Waals surface area contributed by atoms with E-state index in [-0.39, 0.29) is 5.97 Å². The summed E-state index contributed by atoms with van der Waals surface area (Å²) in [4.78, 5) is 25.2. The lowest BCUT2D eigenvalue weighted by molar-refractivity contribution is -0.140. The molecule has 1 unspecified atom stereocenters. The lowest BCUT2D eigenvalue weighted by Gasteiger charge is -2.13. The third kappa shape index (κ3) is 3.78. The molecule has 5 nitrogen and oxygen atoms in total. The summed E-state index contributed by atoms with van der Waals surface area (Å²) in [6.45, 7) is 0. The number of pyridine rings is 1. The smallest absolute Gasteiger partial charge is 0.323 e. The van der Waals surface area contributed by atoms with E-state index in [9.17, 15) is 4.79 Å². The van der Waals surface area contributed by atoms with Gasteiger partial charge in [0, 0.05) is 12.4 Å². The van der Waals surface area contributed by atoms with Gasteiger partial charge in [0.25, 0.3) is 0 Å². The second-order valence-electron chi connectivity index (χ2n) is 4.87. The van der Waals surface area contributed by atoms with Crippen molar-refractivity contribution in [2.24, 2.45) is 0 Å². The monoisotopic (exact) mass is 337 g/mol. The van der Waals surface area contributed by atoms with Crippen molar-refractivity contribution < 1.29 is 9.53 Å². The maximum Gasteiger partial charge on any atom is 0.323 e. The van der Waals surface area contributed by atoms with Gasteiger partial charge < -0.3 is 4.74 Å². The number of methoxy groups -OCH3 is 1. The second-order valence-corrected chi connectivity index (χ2v) is 5.94. The number of ether oxygens (including phenoxy) is 1. The molecular weight excluding hydrogens is 322 g/mol. The molecule has 3 rings (SSSR count). The fraction of sp³-hybridized carbons (Fsp3) is 0.111. The van der Waals surface area contributed by atoms with Crippen molar-refractivity contribution in [3.63, 3.8) is 0 Å². The van der Waals surface area contributed by atoms with Gasteiger partial charge in [-0.05, 0) is 23.8 Å². The molecule has 0 aliphatic rings. The van der Waals surface area contributed by atoms with Gasteiger partial charge in [-0.3, -0.25) is 9.78 Å². The summed E-state index contributed by atoms with van der Waals surface area (Å²) < 4.78 is 4.93. The van der Waals surface area contributed by atoms with Gasteiger partial charge >= 0.3 is 5.97 Å². The highest BCUT2D eigenvalue weighted by Crippen LogP contribution is 2.34. The van der Waals surface area contributed by atoms with Crippen LogP contribution in [-0.2, 0) is 9.53 Å². The molecule has 6 heteroatoms. The molecule has 0 radical (unpaired) electrons. The Labute approximate surface area is 144 Å². The molecule has 0 aliphatic heterocycles. The molecule has 0 N–H and O–H groups in total. The van der Waals surface area contributed by atoms with Crippen LogP contribution in [0.2, 0.25) is 0 Å². The van der Waals surface area contributed by atoms with Crippen molar-refractivity contribution in [2.75, 3.05) is 7.11 Å². The van der Waals surface area contributed by atoms with Gasteiger partial charge in [-0.25, -0.2) is 9.97 Å².